The van der Waals surface area contributed by atoms with Crippen LogP contribution in [0.3, 0.4) is 0 Å². The molecule has 0 saturated carbocycles. The Kier molecular flexibility index (Phi) is 7.39. The number of likely N-dealkylation sites (N-methyl/N-ethyl adjacent to an activating group) is 1. The van der Waals surface area contributed by atoms with Crippen LogP contribution < -0.4 is 5.32 Å². The van der Waals surface area contributed by atoms with Crippen molar-refractivity contribution in [2.24, 2.45) is 0 Å². The van der Waals surface area contributed by atoms with Crippen LogP contribution in [0.2, 0.25) is 0 Å². The van der Waals surface area contributed by atoms with Crippen LogP contribution in [-0.2, 0) is 11.2 Å². The zero-order valence-corrected chi connectivity index (χ0v) is 14.4. The van der Waals surface area contributed by atoms with Gasteiger partial charge in [0.2, 0.25) is 0 Å². The topological polar surface area (TPSA) is 24.5 Å². The van der Waals surface area contributed by atoms with Gasteiger partial charge in [-0.25, -0.2) is 0 Å². The highest BCUT2D eigenvalue weighted by atomic mass is 32.1. The van der Waals surface area contributed by atoms with Crippen molar-refractivity contribution in [1.29, 1.82) is 0 Å². The second-order valence-electron chi connectivity index (χ2n) is 5.10. The fraction of sp³-hybridized carbons (Fsp3) is 0.500. The van der Waals surface area contributed by atoms with Gasteiger partial charge in [0.25, 0.3) is 0 Å². The fourth-order valence-electron chi connectivity index (χ4n) is 2.18. The summed E-state index contributed by atoms with van der Waals surface area (Å²) in [7, 11) is 3.89. The van der Waals surface area contributed by atoms with Crippen LogP contribution in [0, 0.1) is 0 Å². The third-order valence-electron chi connectivity index (χ3n) is 3.43. The molecule has 0 aromatic carbocycles. The molecule has 5 heteroatoms. The van der Waals surface area contributed by atoms with Gasteiger partial charge in [-0.3, -0.25) is 0 Å². The second kappa shape index (κ2) is 9.33. The molecule has 0 aliphatic carbocycles. The number of ether oxygens (including phenoxy) is 1. The van der Waals surface area contributed by atoms with E-state index < -0.39 is 0 Å². The fourth-order valence-corrected chi connectivity index (χ4v) is 3.74. The Hall–Kier alpha value is -0.720. The summed E-state index contributed by atoms with van der Waals surface area (Å²) in [5, 5.41) is 8.01. The quantitative estimate of drug-likeness (QED) is 0.726. The molecule has 0 fully saturated rings. The van der Waals surface area contributed by atoms with Crippen LogP contribution in [0.4, 0.5) is 0 Å². The van der Waals surface area contributed by atoms with Crippen molar-refractivity contribution in [2.45, 2.75) is 12.5 Å². The lowest BCUT2D eigenvalue weighted by molar-refractivity contribution is 0.161. The molecular formula is C16H24N2OS2. The Bertz CT molecular complexity index is 470. The van der Waals surface area contributed by atoms with Crippen molar-refractivity contribution in [1.82, 2.24) is 10.2 Å². The minimum atomic E-state index is 0.416. The van der Waals surface area contributed by atoms with Crippen molar-refractivity contribution in [3.05, 3.63) is 44.8 Å². The standard InChI is InChI=1S/C16H24N2OS2/c1-18(9-10-19-2)8-7-17-15(16-6-4-12-21-16)13-14-5-3-11-20-14/h3-6,11-12,15,17H,7-10,13H2,1-2H3. The lowest BCUT2D eigenvalue weighted by Gasteiger charge is -2.20. The largest absolute Gasteiger partial charge is 0.383 e. The van der Waals surface area contributed by atoms with E-state index in [2.05, 4.69) is 52.3 Å². The number of nitrogens with one attached hydrogen (secondary N) is 1. The van der Waals surface area contributed by atoms with Crippen molar-refractivity contribution >= 4 is 22.7 Å². The first-order valence-electron chi connectivity index (χ1n) is 7.26. The molecule has 2 rings (SSSR count). The van der Waals surface area contributed by atoms with Crippen LogP contribution >= 0.6 is 22.7 Å². The maximum absolute atomic E-state index is 5.11. The molecule has 0 amide bonds. The minimum Gasteiger partial charge on any atom is -0.383 e. The molecule has 1 N–H and O–H groups in total. The van der Waals surface area contributed by atoms with Gasteiger partial charge in [-0.2, -0.15) is 0 Å². The SMILES string of the molecule is COCCN(C)CCNC(Cc1cccs1)c1cccs1. The van der Waals surface area contributed by atoms with E-state index in [0.717, 1.165) is 32.7 Å². The molecule has 0 bridgehead atoms. The van der Waals surface area contributed by atoms with Crippen molar-refractivity contribution in [2.75, 3.05) is 40.4 Å². The first-order valence-corrected chi connectivity index (χ1v) is 9.02. The highest BCUT2D eigenvalue weighted by Gasteiger charge is 2.13. The normalized spacial score (nSPS) is 12.9. The molecule has 0 radical (unpaired) electrons. The van der Waals surface area contributed by atoms with E-state index in [1.54, 1.807) is 7.11 Å². The summed E-state index contributed by atoms with van der Waals surface area (Å²) < 4.78 is 5.11. The summed E-state index contributed by atoms with van der Waals surface area (Å²) >= 11 is 3.67. The average Bonchev–Trinajstić information content (AvgIpc) is 3.17. The van der Waals surface area contributed by atoms with Gasteiger partial charge in [-0.1, -0.05) is 12.1 Å². The third-order valence-corrected chi connectivity index (χ3v) is 5.32. The number of hydrogen-bond donors (Lipinski definition) is 1. The average molecular weight is 325 g/mol. The number of hydrogen-bond acceptors (Lipinski definition) is 5. The summed E-state index contributed by atoms with van der Waals surface area (Å²) in [6.45, 7) is 3.80. The number of rotatable bonds is 10. The highest BCUT2D eigenvalue weighted by Crippen LogP contribution is 2.24. The van der Waals surface area contributed by atoms with Gasteiger partial charge in [-0.15, -0.1) is 22.7 Å². The van der Waals surface area contributed by atoms with E-state index >= 15 is 0 Å². The molecule has 2 heterocycles. The first kappa shape index (κ1) is 16.6. The van der Waals surface area contributed by atoms with E-state index in [1.165, 1.54) is 9.75 Å². The predicted octanol–water partition coefficient (Wildman–Crippen LogP) is 3.26. The third kappa shape index (κ3) is 5.88. The zero-order valence-electron chi connectivity index (χ0n) is 12.7. The van der Waals surface area contributed by atoms with Crippen LogP contribution in [0.15, 0.2) is 35.0 Å². The first-order chi connectivity index (χ1) is 10.3. The maximum Gasteiger partial charge on any atom is 0.0589 e. The highest BCUT2D eigenvalue weighted by molar-refractivity contribution is 7.10. The Morgan fingerprint density at radius 3 is 2.67 bits per heavy atom. The Labute approximate surface area is 135 Å². The smallest absolute Gasteiger partial charge is 0.0589 e. The summed E-state index contributed by atoms with van der Waals surface area (Å²) in [5.41, 5.74) is 0. The van der Waals surface area contributed by atoms with Gasteiger partial charge in [-0.05, 0) is 29.9 Å². The van der Waals surface area contributed by atoms with Gasteiger partial charge >= 0.3 is 0 Å². The molecule has 0 spiro atoms. The molecule has 21 heavy (non-hydrogen) atoms. The van der Waals surface area contributed by atoms with E-state index in [0.29, 0.717) is 6.04 Å². The molecule has 1 atom stereocenters. The van der Waals surface area contributed by atoms with Crippen LogP contribution in [-0.4, -0.2) is 45.3 Å². The molecular weight excluding hydrogens is 300 g/mol. The van der Waals surface area contributed by atoms with Crippen LogP contribution in [0.1, 0.15) is 15.8 Å². The van der Waals surface area contributed by atoms with Gasteiger partial charge in [0.15, 0.2) is 0 Å². The van der Waals surface area contributed by atoms with Crippen LogP contribution in [0.25, 0.3) is 0 Å². The summed E-state index contributed by atoms with van der Waals surface area (Å²) in [5.74, 6) is 0. The summed E-state index contributed by atoms with van der Waals surface area (Å²) in [6, 6.07) is 9.12. The van der Waals surface area contributed by atoms with Crippen molar-refractivity contribution in [3.63, 3.8) is 0 Å². The second-order valence-corrected chi connectivity index (χ2v) is 7.11. The minimum absolute atomic E-state index is 0.416. The monoisotopic (exact) mass is 324 g/mol. The molecule has 1 unspecified atom stereocenters. The van der Waals surface area contributed by atoms with Crippen molar-refractivity contribution < 1.29 is 4.74 Å². The van der Waals surface area contributed by atoms with Crippen molar-refractivity contribution in [3.8, 4) is 0 Å². The van der Waals surface area contributed by atoms with Gasteiger partial charge in [0.05, 0.1) is 6.61 Å². The van der Waals surface area contributed by atoms with E-state index in [1.807, 2.05) is 22.7 Å². The van der Waals surface area contributed by atoms with E-state index in [-0.39, 0.29) is 0 Å². The van der Waals surface area contributed by atoms with Gasteiger partial charge in [0.1, 0.15) is 0 Å². The lowest BCUT2D eigenvalue weighted by atomic mass is 10.1. The Balaban J connectivity index is 1.82. The molecule has 0 aliphatic rings. The molecule has 2 aromatic heterocycles. The number of methoxy groups -OCH3 is 1. The Morgan fingerprint density at radius 1 is 1.19 bits per heavy atom. The molecule has 3 nitrogen and oxygen atoms in total. The Morgan fingerprint density at radius 2 is 2.00 bits per heavy atom. The molecule has 116 valence electrons. The molecule has 2 aromatic rings. The van der Waals surface area contributed by atoms with E-state index in [4.69, 9.17) is 4.74 Å². The van der Waals surface area contributed by atoms with Crippen LogP contribution in [0.5, 0.6) is 0 Å². The predicted molar refractivity (Wildman–Crippen MR) is 92.5 cm³/mol. The number of thiophene rings is 2. The number of nitrogens with zero attached hydrogens (tertiary/aromatic N) is 1. The zero-order chi connectivity index (χ0) is 14.9. The van der Waals surface area contributed by atoms with Gasteiger partial charge < -0.3 is 15.0 Å². The summed E-state index contributed by atoms with van der Waals surface area (Å²) in [6.07, 6.45) is 1.07. The molecule has 0 saturated heterocycles. The van der Waals surface area contributed by atoms with E-state index in [9.17, 15) is 0 Å². The maximum atomic E-state index is 5.11. The molecule has 0 aliphatic heterocycles. The summed E-state index contributed by atoms with van der Waals surface area (Å²) in [4.78, 5) is 5.16. The van der Waals surface area contributed by atoms with Gasteiger partial charge in [0, 0.05) is 49.0 Å². The lowest BCUT2D eigenvalue weighted by Crippen LogP contribution is -2.33.